The molecule has 1 aliphatic heterocycles. The number of anilines is 1. The number of nitrogens with zero attached hydrogens (tertiary/aromatic N) is 2. The van der Waals surface area contributed by atoms with Gasteiger partial charge in [0, 0.05) is 12.0 Å². The van der Waals surface area contributed by atoms with Crippen LogP contribution < -0.4 is 10.1 Å². The fourth-order valence-electron chi connectivity index (χ4n) is 2.98. The lowest BCUT2D eigenvalue weighted by Gasteiger charge is -2.11. The van der Waals surface area contributed by atoms with Gasteiger partial charge < -0.3 is 10.1 Å². The lowest BCUT2D eigenvalue weighted by Crippen LogP contribution is -2.31. The quantitative estimate of drug-likeness (QED) is 0.783. The highest BCUT2D eigenvalue weighted by molar-refractivity contribution is 5.95. The molecule has 3 aromatic rings. The summed E-state index contributed by atoms with van der Waals surface area (Å²) in [5.41, 5.74) is 2.00. The van der Waals surface area contributed by atoms with E-state index >= 15 is 0 Å². The zero-order valence-electron chi connectivity index (χ0n) is 13.9. The number of ether oxygens (including phenoxy) is 1. The summed E-state index contributed by atoms with van der Waals surface area (Å²) >= 11 is 0. The average molecular weight is 355 g/mol. The molecule has 0 saturated carbocycles. The van der Waals surface area contributed by atoms with Crippen molar-refractivity contribution >= 4 is 11.6 Å². The van der Waals surface area contributed by atoms with Crippen LogP contribution in [0.1, 0.15) is 11.3 Å². The molecule has 0 radical (unpaired) electrons. The van der Waals surface area contributed by atoms with Crippen LogP contribution in [0.5, 0.6) is 5.75 Å². The maximum atomic E-state index is 14.0. The number of fused-ring (bicyclic) bond motifs is 1. The maximum Gasteiger partial charge on any atom is 0.265 e. The predicted molar refractivity (Wildman–Crippen MR) is 91.4 cm³/mol. The van der Waals surface area contributed by atoms with Crippen molar-refractivity contribution in [1.29, 1.82) is 0 Å². The van der Waals surface area contributed by atoms with Crippen LogP contribution in [0.15, 0.2) is 48.7 Å². The Bertz CT molecular complexity index is 1000. The lowest BCUT2D eigenvalue weighted by molar-refractivity contribution is -0.122. The molecule has 0 spiro atoms. The number of rotatable bonds is 3. The summed E-state index contributed by atoms with van der Waals surface area (Å²) < 4.78 is 34.2. The number of amides is 1. The summed E-state index contributed by atoms with van der Waals surface area (Å²) in [5.74, 6) is -0.633. The molecule has 0 saturated heterocycles. The first-order valence-corrected chi connectivity index (χ1v) is 8.08. The van der Waals surface area contributed by atoms with Gasteiger partial charge in [-0.25, -0.2) is 13.5 Å². The van der Waals surface area contributed by atoms with Crippen LogP contribution in [0.25, 0.3) is 5.69 Å². The van der Waals surface area contributed by atoms with Gasteiger partial charge in [-0.05, 0) is 37.3 Å². The molecule has 2 aromatic carbocycles. The van der Waals surface area contributed by atoms with Crippen molar-refractivity contribution in [3.63, 3.8) is 0 Å². The first-order valence-electron chi connectivity index (χ1n) is 8.08. The van der Waals surface area contributed by atoms with Crippen molar-refractivity contribution in [1.82, 2.24) is 9.78 Å². The molecule has 7 heteroatoms. The second kappa shape index (κ2) is 6.25. The Balaban J connectivity index is 1.52. The number of para-hydroxylation sites is 1. The van der Waals surface area contributed by atoms with E-state index in [9.17, 15) is 13.6 Å². The van der Waals surface area contributed by atoms with Crippen LogP contribution in [-0.4, -0.2) is 21.8 Å². The Kier molecular flexibility index (Phi) is 3.91. The van der Waals surface area contributed by atoms with E-state index in [0.29, 0.717) is 34.8 Å². The molecule has 4 rings (SSSR count). The third-order valence-electron chi connectivity index (χ3n) is 4.34. The topological polar surface area (TPSA) is 56.1 Å². The van der Waals surface area contributed by atoms with Crippen LogP contribution in [-0.2, 0) is 11.2 Å². The van der Waals surface area contributed by atoms with Crippen molar-refractivity contribution in [2.45, 2.75) is 19.4 Å². The molecule has 1 aliphatic rings. The van der Waals surface area contributed by atoms with Crippen molar-refractivity contribution in [3.8, 4) is 11.4 Å². The molecular weight excluding hydrogens is 340 g/mol. The molecule has 0 fully saturated rings. The smallest absolute Gasteiger partial charge is 0.265 e. The van der Waals surface area contributed by atoms with E-state index in [1.807, 2.05) is 0 Å². The maximum absolute atomic E-state index is 14.0. The molecule has 1 aromatic heterocycles. The van der Waals surface area contributed by atoms with Gasteiger partial charge in [0.25, 0.3) is 5.91 Å². The Morgan fingerprint density at radius 1 is 1.27 bits per heavy atom. The van der Waals surface area contributed by atoms with E-state index in [1.54, 1.807) is 25.1 Å². The lowest BCUT2D eigenvalue weighted by atomic mass is 10.1. The molecule has 1 amide bonds. The van der Waals surface area contributed by atoms with E-state index in [2.05, 4.69) is 10.4 Å². The summed E-state index contributed by atoms with van der Waals surface area (Å²) in [6.07, 6.45) is 1.00. The molecule has 5 nitrogen and oxygen atoms in total. The number of nitrogens with one attached hydrogen (secondary N) is 1. The van der Waals surface area contributed by atoms with Crippen LogP contribution in [0, 0.1) is 18.6 Å². The van der Waals surface area contributed by atoms with Crippen molar-refractivity contribution in [2.24, 2.45) is 0 Å². The highest BCUT2D eigenvalue weighted by Gasteiger charge is 2.30. The summed E-state index contributed by atoms with van der Waals surface area (Å²) in [7, 11) is 0. The minimum absolute atomic E-state index is 0.291. The van der Waals surface area contributed by atoms with Crippen molar-refractivity contribution < 1.29 is 18.3 Å². The van der Waals surface area contributed by atoms with Crippen molar-refractivity contribution in [3.05, 3.63) is 71.6 Å². The second-order valence-electron chi connectivity index (χ2n) is 6.06. The predicted octanol–water partition coefficient (Wildman–Crippen LogP) is 3.40. The van der Waals surface area contributed by atoms with Crippen molar-refractivity contribution in [2.75, 3.05) is 5.32 Å². The van der Waals surface area contributed by atoms with Gasteiger partial charge in [-0.2, -0.15) is 5.10 Å². The Morgan fingerprint density at radius 3 is 2.88 bits per heavy atom. The standard InChI is InChI=1S/C19H15F2N3O2/c1-11-15(10-22-24(11)16-5-3-2-4-14(16)21)23-19(25)18-9-12-8-13(20)6-7-17(12)26-18/h2-8,10,18H,9H2,1H3,(H,23,25)/t18-/m1/s1. The summed E-state index contributed by atoms with van der Waals surface area (Å²) in [6.45, 7) is 1.73. The zero-order chi connectivity index (χ0) is 18.3. The average Bonchev–Trinajstić information content (AvgIpc) is 3.19. The van der Waals surface area contributed by atoms with Crippen LogP contribution >= 0.6 is 0 Å². The SMILES string of the molecule is Cc1c(NC(=O)[C@H]2Cc3cc(F)ccc3O2)cnn1-c1ccccc1F. The number of carbonyl (C=O) groups is 1. The number of benzene rings is 2. The summed E-state index contributed by atoms with van der Waals surface area (Å²) in [5, 5.41) is 6.90. The minimum atomic E-state index is -0.747. The van der Waals surface area contributed by atoms with Gasteiger partial charge in [-0.3, -0.25) is 4.79 Å². The van der Waals surface area contributed by atoms with Gasteiger partial charge in [0.05, 0.1) is 17.6 Å². The summed E-state index contributed by atoms with van der Waals surface area (Å²) in [4.78, 5) is 12.5. The largest absolute Gasteiger partial charge is 0.480 e. The molecule has 132 valence electrons. The molecule has 1 N–H and O–H groups in total. The van der Waals surface area contributed by atoms with Gasteiger partial charge in [0.15, 0.2) is 6.10 Å². The molecule has 2 heterocycles. The zero-order valence-corrected chi connectivity index (χ0v) is 13.9. The highest BCUT2D eigenvalue weighted by Crippen LogP contribution is 2.30. The first-order chi connectivity index (χ1) is 12.5. The monoisotopic (exact) mass is 355 g/mol. The Morgan fingerprint density at radius 2 is 2.08 bits per heavy atom. The summed E-state index contributed by atoms with van der Waals surface area (Å²) in [6, 6.07) is 10.4. The van der Waals surface area contributed by atoms with Gasteiger partial charge in [-0.15, -0.1) is 0 Å². The van der Waals surface area contributed by atoms with E-state index in [1.165, 1.54) is 35.1 Å². The fourth-order valence-corrected chi connectivity index (χ4v) is 2.98. The number of halogens is 2. The molecule has 0 aliphatic carbocycles. The molecule has 26 heavy (non-hydrogen) atoms. The van der Waals surface area contributed by atoms with E-state index in [4.69, 9.17) is 4.74 Å². The number of hydrogen-bond acceptors (Lipinski definition) is 3. The van der Waals surface area contributed by atoms with E-state index in [0.717, 1.165) is 0 Å². The van der Waals surface area contributed by atoms with Gasteiger partial charge in [0.1, 0.15) is 23.1 Å². The highest BCUT2D eigenvalue weighted by atomic mass is 19.1. The van der Waals surface area contributed by atoms with Gasteiger partial charge in [-0.1, -0.05) is 12.1 Å². The number of hydrogen-bond donors (Lipinski definition) is 1. The van der Waals surface area contributed by atoms with E-state index in [-0.39, 0.29) is 11.7 Å². The van der Waals surface area contributed by atoms with Crippen LogP contribution in [0.4, 0.5) is 14.5 Å². The van der Waals surface area contributed by atoms with Gasteiger partial charge in [0.2, 0.25) is 0 Å². The second-order valence-corrected chi connectivity index (χ2v) is 6.06. The number of aromatic nitrogens is 2. The fraction of sp³-hybridized carbons (Fsp3) is 0.158. The van der Waals surface area contributed by atoms with E-state index < -0.39 is 11.9 Å². The minimum Gasteiger partial charge on any atom is -0.480 e. The normalized spacial score (nSPS) is 15.4. The molecule has 0 unspecified atom stereocenters. The Labute approximate surface area is 148 Å². The first kappa shape index (κ1) is 16.3. The van der Waals surface area contributed by atoms with Crippen LogP contribution in [0.2, 0.25) is 0 Å². The molecular formula is C19H15F2N3O2. The number of carbonyl (C=O) groups excluding carboxylic acids is 1. The Hall–Kier alpha value is -3.22. The third-order valence-corrected chi connectivity index (χ3v) is 4.34. The van der Waals surface area contributed by atoms with Crippen LogP contribution in [0.3, 0.4) is 0 Å². The molecule has 1 atom stereocenters. The molecule has 0 bridgehead atoms. The third kappa shape index (κ3) is 2.81. The van der Waals surface area contributed by atoms with Gasteiger partial charge >= 0.3 is 0 Å².